The van der Waals surface area contributed by atoms with Gasteiger partial charge >= 0.3 is 0 Å². The molecule has 0 aliphatic heterocycles. The Hall–Kier alpha value is -2.85. The van der Waals surface area contributed by atoms with Crippen molar-refractivity contribution in [2.75, 3.05) is 0 Å². The molecule has 3 aromatic rings. The first-order valence-corrected chi connectivity index (χ1v) is 11.6. The molecule has 1 fully saturated rings. The lowest BCUT2D eigenvalue weighted by molar-refractivity contribution is 0.0927. The SMILES string of the molecule is Cc1ccnc(-n2ncnc2C2(NC(=O)c3cc(Cl)cc(S(=O)(=O)C(C)C)c3)CC2)n1. The quantitative estimate of drug-likeness (QED) is 0.600. The van der Waals surface area contributed by atoms with Gasteiger partial charge in [-0.25, -0.2) is 23.4 Å². The van der Waals surface area contributed by atoms with Gasteiger partial charge in [-0.15, -0.1) is 0 Å². The van der Waals surface area contributed by atoms with Gasteiger partial charge in [-0.1, -0.05) is 11.6 Å². The van der Waals surface area contributed by atoms with E-state index in [1.165, 1.54) is 29.2 Å². The highest BCUT2D eigenvalue weighted by atomic mass is 35.5. The van der Waals surface area contributed by atoms with Crippen LogP contribution >= 0.6 is 11.6 Å². The molecule has 1 aliphatic rings. The minimum absolute atomic E-state index is 0.0151. The van der Waals surface area contributed by atoms with Crippen LogP contribution in [0, 0.1) is 6.92 Å². The lowest BCUT2D eigenvalue weighted by atomic mass is 10.1. The fraction of sp³-hybridized carbons (Fsp3) is 0.350. The average Bonchev–Trinajstić information content (AvgIpc) is 3.31. The maximum absolute atomic E-state index is 13.0. The van der Waals surface area contributed by atoms with Gasteiger partial charge in [-0.05, 0) is 57.9 Å². The second-order valence-electron chi connectivity index (χ2n) is 7.80. The van der Waals surface area contributed by atoms with Gasteiger partial charge in [-0.2, -0.15) is 9.78 Å². The second kappa shape index (κ2) is 7.69. The van der Waals surface area contributed by atoms with Crippen LogP contribution in [0.2, 0.25) is 5.02 Å². The summed E-state index contributed by atoms with van der Waals surface area (Å²) in [7, 11) is -3.58. The lowest BCUT2D eigenvalue weighted by Gasteiger charge is -2.18. The molecule has 2 heterocycles. The van der Waals surface area contributed by atoms with Crippen molar-refractivity contribution >= 4 is 27.3 Å². The molecule has 0 unspecified atom stereocenters. The third-order valence-corrected chi connectivity index (χ3v) is 7.48. The zero-order chi connectivity index (χ0) is 22.4. The van der Waals surface area contributed by atoms with Crippen LogP contribution in [0.15, 0.2) is 41.7 Å². The highest BCUT2D eigenvalue weighted by Crippen LogP contribution is 2.45. The van der Waals surface area contributed by atoms with Crippen LogP contribution in [0.25, 0.3) is 5.95 Å². The number of aryl methyl sites for hydroxylation is 1. The van der Waals surface area contributed by atoms with E-state index in [4.69, 9.17) is 11.6 Å². The van der Waals surface area contributed by atoms with E-state index < -0.39 is 26.5 Å². The predicted octanol–water partition coefficient (Wildman–Crippen LogP) is 2.62. The van der Waals surface area contributed by atoms with Crippen molar-refractivity contribution in [3.05, 3.63) is 58.9 Å². The maximum Gasteiger partial charge on any atom is 0.252 e. The summed E-state index contributed by atoms with van der Waals surface area (Å²) in [5.74, 6) is 0.435. The summed E-state index contributed by atoms with van der Waals surface area (Å²) in [6.07, 6.45) is 4.33. The number of carbonyl (C=O) groups is 1. The largest absolute Gasteiger partial charge is 0.339 e. The Morgan fingerprint density at radius 3 is 2.61 bits per heavy atom. The number of sulfone groups is 1. The van der Waals surface area contributed by atoms with Crippen molar-refractivity contribution in [1.82, 2.24) is 30.0 Å². The topological polar surface area (TPSA) is 120 Å². The van der Waals surface area contributed by atoms with Gasteiger partial charge in [0.25, 0.3) is 11.9 Å². The Balaban J connectivity index is 1.65. The molecular weight excluding hydrogens is 440 g/mol. The van der Waals surface area contributed by atoms with Gasteiger partial charge in [0.05, 0.1) is 10.1 Å². The highest BCUT2D eigenvalue weighted by Gasteiger charge is 2.50. The monoisotopic (exact) mass is 460 g/mol. The molecule has 1 aromatic carbocycles. The van der Waals surface area contributed by atoms with Gasteiger partial charge in [0.15, 0.2) is 15.7 Å². The molecule has 0 radical (unpaired) electrons. The fourth-order valence-electron chi connectivity index (χ4n) is 3.20. The van der Waals surface area contributed by atoms with Crippen molar-refractivity contribution < 1.29 is 13.2 Å². The summed E-state index contributed by atoms with van der Waals surface area (Å²) in [5, 5.41) is 6.74. The third kappa shape index (κ3) is 4.05. The Morgan fingerprint density at radius 2 is 1.97 bits per heavy atom. The molecule has 1 N–H and O–H groups in total. The number of hydrogen-bond donors (Lipinski definition) is 1. The van der Waals surface area contributed by atoms with E-state index in [1.54, 1.807) is 26.1 Å². The first kappa shape index (κ1) is 21.4. The number of hydrogen-bond acceptors (Lipinski definition) is 7. The summed E-state index contributed by atoms with van der Waals surface area (Å²) in [6, 6.07) is 5.92. The molecule has 1 saturated carbocycles. The van der Waals surface area contributed by atoms with E-state index in [9.17, 15) is 13.2 Å². The average molecular weight is 461 g/mol. The van der Waals surface area contributed by atoms with Crippen LogP contribution in [0.4, 0.5) is 0 Å². The van der Waals surface area contributed by atoms with E-state index >= 15 is 0 Å². The summed E-state index contributed by atoms with van der Waals surface area (Å²) in [6.45, 7) is 5.00. The number of benzene rings is 1. The van der Waals surface area contributed by atoms with Crippen LogP contribution in [0.1, 0.15) is 48.6 Å². The maximum atomic E-state index is 13.0. The van der Waals surface area contributed by atoms with Gasteiger partial charge in [-0.3, -0.25) is 4.79 Å². The highest BCUT2D eigenvalue weighted by molar-refractivity contribution is 7.92. The first-order valence-electron chi connectivity index (χ1n) is 9.70. The number of rotatable bonds is 6. The number of aromatic nitrogens is 5. The molecule has 31 heavy (non-hydrogen) atoms. The minimum atomic E-state index is -3.58. The zero-order valence-electron chi connectivity index (χ0n) is 17.2. The Kier molecular flexibility index (Phi) is 5.30. The molecule has 0 spiro atoms. The number of nitrogens with one attached hydrogen (secondary N) is 1. The first-order chi connectivity index (χ1) is 14.6. The second-order valence-corrected chi connectivity index (χ2v) is 10.7. The minimum Gasteiger partial charge on any atom is -0.339 e. The molecule has 0 saturated heterocycles. The molecule has 4 rings (SSSR count). The molecule has 1 amide bonds. The zero-order valence-corrected chi connectivity index (χ0v) is 18.8. The molecule has 162 valence electrons. The van der Waals surface area contributed by atoms with Crippen molar-refractivity contribution in [3.8, 4) is 5.95 Å². The van der Waals surface area contributed by atoms with Gasteiger partial charge < -0.3 is 5.32 Å². The van der Waals surface area contributed by atoms with Crippen LogP contribution in [-0.4, -0.2) is 44.3 Å². The van der Waals surface area contributed by atoms with Gasteiger partial charge in [0.1, 0.15) is 11.9 Å². The lowest BCUT2D eigenvalue weighted by Crippen LogP contribution is -2.37. The summed E-state index contributed by atoms with van der Waals surface area (Å²) in [5.41, 5.74) is 0.203. The molecular formula is C20H21ClN6O3S. The smallest absolute Gasteiger partial charge is 0.252 e. The Labute approximate surface area is 184 Å². The van der Waals surface area contributed by atoms with Crippen molar-refractivity contribution in [2.45, 2.75) is 49.3 Å². The molecule has 9 nitrogen and oxygen atoms in total. The van der Waals surface area contributed by atoms with Crippen molar-refractivity contribution in [1.29, 1.82) is 0 Å². The number of halogens is 1. The van der Waals surface area contributed by atoms with Gasteiger partial charge in [0, 0.05) is 22.5 Å². The molecule has 0 bridgehead atoms. The summed E-state index contributed by atoms with van der Waals surface area (Å²) in [4.78, 5) is 26.0. The van der Waals surface area contributed by atoms with Gasteiger partial charge in [0.2, 0.25) is 0 Å². The normalized spacial score (nSPS) is 15.1. The standard InChI is InChI=1S/C20H21ClN6O3S/c1-12(2)31(29,30)16-9-14(8-15(21)10-16)17(28)26-20(5-6-20)18-23-11-24-27(18)19-22-7-4-13(3)25-19/h4,7-12H,5-6H2,1-3H3,(H,26,28). The van der Waals surface area contributed by atoms with Crippen LogP contribution in [0.5, 0.6) is 0 Å². The number of amides is 1. The van der Waals surface area contributed by atoms with Crippen LogP contribution in [-0.2, 0) is 15.4 Å². The molecule has 2 aromatic heterocycles. The van der Waals surface area contributed by atoms with E-state index in [-0.39, 0.29) is 15.5 Å². The van der Waals surface area contributed by atoms with E-state index in [2.05, 4.69) is 25.4 Å². The number of nitrogens with zero attached hydrogens (tertiary/aromatic N) is 5. The third-order valence-electron chi connectivity index (χ3n) is 5.13. The molecule has 0 atom stereocenters. The Bertz CT molecular complexity index is 1270. The van der Waals surface area contributed by atoms with E-state index in [1.807, 2.05) is 6.92 Å². The molecule has 11 heteroatoms. The van der Waals surface area contributed by atoms with Crippen LogP contribution < -0.4 is 5.32 Å². The van der Waals surface area contributed by atoms with Crippen molar-refractivity contribution in [3.63, 3.8) is 0 Å². The Morgan fingerprint density at radius 1 is 1.23 bits per heavy atom. The summed E-state index contributed by atoms with van der Waals surface area (Å²) < 4.78 is 26.6. The van der Waals surface area contributed by atoms with Crippen molar-refractivity contribution in [2.24, 2.45) is 0 Å². The van der Waals surface area contributed by atoms with E-state index in [0.717, 1.165) is 5.69 Å². The van der Waals surface area contributed by atoms with E-state index in [0.29, 0.717) is 24.6 Å². The van der Waals surface area contributed by atoms with Crippen LogP contribution in [0.3, 0.4) is 0 Å². The fourth-order valence-corrected chi connectivity index (χ4v) is 4.63. The number of carbonyl (C=O) groups excluding carboxylic acids is 1. The molecule has 1 aliphatic carbocycles. The summed E-state index contributed by atoms with van der Waals surface area (Å²) >= 11 is 6.12. The predicted molar refractivity (Wildman–Crippen MR) is 114 cm³/mol.